The Hall–Kier alpha value is -1.55. The molecule has 1 aliphatic rings. The predicted molar refractivity (Wildman–Crippen MR) is 83.5 cm³/mol. The summed E-state index contributed by atoms with van der Waals surface area (Å²) < 4.78 is 0. The first-order chi connectivity index (χ1) is 10.0. The molecule has 21 heavy (non-hydrogen) atoms. The number of benzene rings is 2. The van der Waals surface area contributed by atoms with Crippen LogP contribution in [0.5, 0.6) is 0 Å². The molecule has 0 aromatic heterocycles. The minimum absolute atomic E-state index is 0.305. The number of nitrogens with zero attached hydrogens (tertiary/aromatic N) is 1. The summed E-state index contributed by atoms with van der Waals surface area (Å²) in [6, 6.07) is 11.5. The van der Waals surface area contributed by atoms with Gasteiger partial charge in [-0.15, -0.1) is 0 Å². The van der Waals surface area contributed by atoms with Crippen LogP contribution in [-0.4, -0.2) is 11.8 Å². The van der Waals surface area contributed by atoms with Gasteiger partial charge in [0.2, 0.25) is 0 Å². The number of carbonyl (C=O) groups excluding carboxylic acids is 2. The summed E-state index contributed by atoms with van der Waals surface area (Å²) >= 11 is 18.0. The van der Waals surface area contributed by atoms with Crippen molar-refractivity contribution in [1.82, 2.24) is 0 Å². The van der Waals surface area contributed by atoms with E-state index in [-0.39, 0.29) is 0 Å². The third-order valence-electron chi connectivity index (χ3n) is 3.28. The molecule has 2 aromatic rings. The van der Waals surface area contributed by atoms with Gasteiger partial charge in [0.15, 0.2) is 0 Å². The number of hydrogen-bond acceptors (Lipinski definition) is 2. The number of halogens is 3. The Morgan fingerprint density at radius 1 is 0.857 bits per heavy atom. The number of anilines is 1. The maximum Gasteiger partial charge on any atom is 0.266 e. The summed E-state index contributed by atoms with van der Waals surface area (Å²) in [4.78, 5) is 25.1. The lowest BCUT2D eigenvalue weighted by molar-refractivity contribution is 0.0926. The average Bonchev–Trinajstić information content (AvgIpc) is 2.71. The van der Waals surface area contributed by atoms with Gasteiger partial charge < -0.3 is 0 Å². The summed E-state index contributed by atoms with van der Waals surface area (Å²) in [6.45, 7) is 0. The minimum atomic E-state index is -0.946. The molecule has 2 aromatic carbocycles. The van der Waals surface area contributed by atoms with Crippen LogP contribution in [0.25, 0.3) is 0 Å². The molecule has 106 valence electrons. The molecule has 0 unspecified atom stereocenters. The van der Waals surface area contributed by atoms with E-state index in [9.17, 15) is 9.59 Å². The van der Waals surface area contributed by atoms with E-state index >= 15 is 0 Å². The zero-order valence-corrected chi connectivity index (χ0v) is 12.8. The standard InChI is InChI=1S/C15H8Cl3NO2/c16-10-6-3-7-11(12(10)13(17)18)19-14(20)8-4-1-2-5-9(8)15(19)21/h1-7,13H. The lowest BCUT2D eigenvalue weighted by Gasteiger charge is -2.19. The van der Waals surface area contributed by atoms with E-state index < -0.39 is 16.7 Å². The molecule has 0 N–H and O–H groups in total. The molecule has 0 saturated heterocycles. The van der Waals surface area contributed by atoms with Crippen LogP contribution in [0.3, 0.4) is 0 Å². The predicted octanol–water partition coefficient (Wildman–Crippen LogP) is 4.62. The zero-order chi connectivity index (χ0) is 15.1. The third-order valence-corrected chi connectivity index (χ3v) is 4.05. The second-order valence-electron chi connectivity index (χ2n) is 4.46. The van der Waals surface area contributed by atoms with Gasteiger partial charge in [-0.25, -0.2) is 4.90 Å². The summed E-state index contributed by atoms with van der Waals surface area (Å²) in [6.07, 6.45) is 0. The quantitative estimate of drug-likeness (QED) is 0.591. The van der Waals surface area contributed by atoms with Gasteiger partial charge in [0.05, 0.1) is 16.8 Å². The van der Waals surface area contributed by atoms with Gasteiger partial charge in [-0.1, -0.05) is 53.0 Å². The van der Waals surface area contributed by atoms with Crippen LogP contribution in [0.4, 0.5) is 5.69 Å². The highest BCUT2D eigenvalue weighted by molar-refractivity contribution is 6.46. The zero-order valence-electron chi connectivity index (χ0n) is 10.5. The van der Waals surface area contributed by atoms with E-state index in [0.717, 1.165) is 4.90 Å². The largest absolute Gasteiger partial charge is 0.268 e. The van der Waals surface area contributed by atoms with Gasteiger partial charge in [0, 0.05) is 10.6 Å². The van der Waals surface area contributed by atoms with Crippen molar-refractivity contribution in [2.75, 3.05) is 4.90 Å². The van der Waals surface area contributed by atoms with Crippen LogP contribution in [0.2, 0.25) is 5.02 Å². The Morgan fingerprint density at radius 2 is 1.43 bits per heavy atom. The molecule has 1 heterocycles. The van der Waals surface area contributed by atoms with E-state index in [1.54, 1.807) is 42.5 Å². The van der Waals surface area contributed by atoms with Crippen molar-refractivity contribution in [1.29, 1.82) is 0 Å². The fraction of sp³-hybridized carbons (Fsp3) is 0.0667. The number of alkyl halides is 2. The molecule has 0 saturated carbocycles. The Kier molecular flexibility index (Phi) is 3.66. The van der Waals surface area contributed by atoms with Crippen molar-refractivity contribution < 1.29 is 9.59 Å². The van der Waals surface area contributed by atoms with Crippen molar-refractivity contribution in [2.45, 2.75) is 4.84 Å². The van der Waals surface area contributed by atoms with Gasteiger partial charge >= 0.3 is 0 Å². The second-order valence-corrected chi connectivity index (χ2v) is 5.97. The molecular formula is C15H8Cl3NO2. The van der Waals surface area contributed by atoms with Gasteiger partial charge in [-0.2, -0.15) is 0 Å². The van der Waals surface area contributed by atoms with Crippen molar-refractivity contribution in [3.63, 3.8) is 0 Å². The Balaban J connectivity index is 2.18. The summed E-state index contributed by atoms with van der Waals surface area (Å²) in [5, 5.41) is 0.305. The van der Waals surface area contributed by atoms with Gasteiger partial charge in [0.1, 0.15) is 4.84 Å². The highest BCUT2D eigenvalue weighted by Gasteiger charge is 2.38. The highest BCUT2D eigenvalue weighted by Crippen LogP contribution is 2.40. The van der Waals surface area contributed by atoms with E-state index in [2.05, 4.69) is 0 Å². The van der Waals surface area contributed by atoms with Gasteiger partial charge in [-0.3, -0.25) is 9.59 Å². The number of hydrogen-bond donors (Lipinski definition) is 0. The number of imide groups is 1. The molecule has 0 radical (unpaired) electrons. The molecule has 0 spiro atoms. The van der Waals surface area contributed by atoms with Crippen LogP contribution < -0.4 is 4.90 Å². The second kappa shape index (κ2) is 5.34. The number of carbonyl (C=O) groups is 2. The van der Waals surface area contributed by atoms with Crippen molar-refractivity contribution in [3.8, 4) is 0 Å². The van der Waals surface area contributed by atoms with E-state index in [4.69, 9.17) is 34.8 Å². The monoisotopic (exact) mass is 339 g/mol. The fourth-order valence-corrected chi connectivity index (χ4v) is 3.19. The minimum Gasteiger partial charge on any atom is -0.268 e. The normalized spacial score (nSPS) is 14.0. The Bertz CT molecular complexity index is 723. The maximum atomic E-state index is 12.5. The highest BCUT2D eigenvalue weighted by atomic mass is 35.5. The molecule has 1 aliphatic heterocycles. The number of rotatable bonds is 2. The topological polar surface area (TPSA) is 37.4 Å². The smallest absolute Gasteiger partial charge is 0.266 e. The Morgan fingerprint density at radius 3 is 1.95 bits per heavy atom. The molecule has 2 amide bonds. The molecule has 0 bridgehead atoms. The Labute approximate surface area is 136 Å². The van der Waals surface area contributed by atoms with Crippen LogP contribution >= 0.6 is 34.8 Å². The van der Waals surface area contributed by atoms with E-state index in [1.165, 1.54) is 0 Å². The van der Waals surface area contributed by atoms with Gasteiger partial charge in [-0.05, 0) is 24.3 Å². The molecular weight excluding hydrogens is 333 g/mol. The fourth-order valence-electron chi connectivity index (χ4n) is 2.34. The van der Waals surface area contributed by atoms with E-state index in [0.29, 0.717) is 27.4 Å². The first kappa shape index (κ1) is 14.4. The van der Waals surface area contributed by atoms with Gasteiger partial charge in [0.25, 0.3) is 11.8 Å². The maximum absolute atomic E-state index is 12.5. The van der Waals surface area contributed by atoms with Crippen molar-refractivity contribution in [2.24, 2.45) is 0 Å². The molecule has 3 rings (SSSR count). The molecule has 3 nitrogen and oxygen atoms in total. The number of amides is 2. The van der Waals surface area contributed by atoms with E-state index in [1.807, 2.05) is 0 Å². The molecule has 0 atom stereocenters. The van der Waals surface area contributed by atoms with Crippen molar-refractivity contribution >= 4 is 52.3 Å². The van der Waals surface area contributed by atoms with Crippen LogP contribution in [0, 0.1) is 0 Å². The average molecular weight is 341 g/mol. The van der Waals surface area contributed by atoms with Crippen LogP contribution in [-0.2, 0) is 0 Å². The summed E-state index contributed by atoms with van der Waals surface area (Å²) in [5.41, 5.74) is 1.36. The first-order valence-corrected chi connectivity index (χ1v) is 7.32. The lowest BCUT2D eigenvalue weighted by atomic mass is 10.1. The van der Waals surface area contributed by atoms with Crippen LogP contribution in [0.15, 0.2) is 42.5 Å². The third kappa shape index (κ3) is 2.22. The molecule has 0 fully saturated rings. The SMILES string of the molecule is O=C1c2ccccc2C(=O)N1c1cccc(Cl)c1C(Cl)Cl. The summed E-state index contributed by atoms with van der Waals surface area (Å²) in [5.74, 6) is -0.818. The molecule has 6 heteroatoms. The first-order valence-electron chi connectivity index (χ1n) is 6.06. The summed E-state index contributed by atoms with van der Waals surface area (Å²) in [7, 11) is 0. The van der Waals surface area contributed by atoms with Crippen molar-refractivity contribution in [3.05, 3.63) is 64.2 Å². The number of fused-ring (bicyclic) bond motifs is 1. The lowest BCUT2D eigenvalue weighted by Crippen LogP contribution is -2.30. The molecule has 0 aliphatic carbocycles. The van der Waals surface area contributed by atoms with Crippen LogP contribution in [0.1, 0.15) is 31.1 Å².